The number of hydrogen-bond acceptors (Lipinski definition) is 4. The third-order valence-corrected chi connectivity index (χ3v) is 5.56. The molecule has 1 saturated carbocycles. The molecule has 0 bridgehead atoms. The quantitative estimate of drug-likeness (QED) is 0.709. The van der Waals surface area contributed by atoms with Crippen molar-refractivity contribution in [1.29, 1.82) is 0 Å². The molecule has 2 amide bonds. The van der Waals surface area contributed by atoms with Crippen LogP contribution in [0.2, 0.25) is 0 Å². The van der Waals surface area contributed by atoms with Gasteiger partial charge >= 0.3 is 5.92 Å². The highest BCUT2D eigenvalue weighted by Gasteiger charge is 2.58. The van der Waals surface area contributed by atoms with E-state index in [-0.39, 0.29) is 24.4 Å². The first kappa shape index (κ1) is 19.4. The van der Waals surface area contributed by atoms with E-state index in [0.717, 1.165) is 6.42 Å². The van der Waals surface area contributed by atoms with Gasteiger partial charge in [0.1, 0.15) is 5.60 Å². The maximum absolute atomic E-state index is 14.5. The van der Waals surface area contributed by atoms with Gasteiger partial charge in [-0.1, -0.05) is 25.3 Å². The lowest BCUT2D eigenvalue weighted by Gasteiger charge is -2.37. The number of carbonyl (C=O) groups is 2. The Hall–Kier alpha value is -2.32. The van der Waals surface area contributed by atoms with Crippen LogP contribution in [0, 0.1) is 0 Å². The summed E-state index contributed by atoms with van der Waals surface area (Å²) in [5.41, 5.74) is -1.67. The van der Waals surface area contributed by atoms with Crippen molar-refractivity contribution in [3.8, 4) is 0 Å². The van der Waals surface area contributed by atoms with Gasteiger partial charge in [0.05, 0.1) is 4.88 Å². The maximum atomic E-state index is 14.5. The minimum atomic E-state index is -3.88. The van der Waals surface area contributed by atoms with Gasteiger partial charge in [0.25, 0.3) is 11.8 Å². The van der Waals surface area contributed by atoms with Crippen molar-refractivity contribution in [3.05, 3.63) is 46.7 Å². The Morgan fingerprint density at radius 1 is 1.00 bits per heavy atom. The summed E-state index contributed by atoms with van der Waals surface area (Å²) in [5.74, 6) is -5.67. The van der Waals surface area contributed by atoms with Crippen molar-refractivity contribution in [2.75, 3.05) is 10.6 Å². The highest BCUT2D eigenvalue weighted by atomic mass is 32.1. The van der Waals surface area contributed by atoms with E-state index in [2.05, 4.69) is 10.6 Å². The number of nitrogens with one attached hydrogen (secondary N) is 2. The molecule has 1 aromatic heterocycles. The number of thiophene rings is 1. The summed E-state index contributed by atoms with van der Waals surface area (Å²) in [5, 5.41) is 16.8. The number of anilines is 2. The SMILES string of the molecule is O=C(Nc1ccc(NC(=O)C(F)(F)C2(O)CCCCC2)cc1)c1cccs1. The lowest BCUT2D eigenvalue weighted by molar-refractivity contribution is -0.196. The van der Waals surface area contributed by atoms with E-state index in [0.29, 0.717) is 23.4 Å². The maximum Gasteiger partial charge on any atom is 0.352 e. The van der Waals surface area contributed by atoms with Crippen molar-refractivity contribution in [2.45, 2.75) is 43.6 Å². The smallest absolute Gasteiger partial charge is 0.352 e. The van der Waals surface area contributed by atoms with Crippen LogP contribution in [0.15, 0.2) is 41.8 Å². The second-order valence-electron chi connectivity index (χ2n) is 6.63. The molecule has 0 saturated heterocycles. The van der Waals surface area contributed by atoms with E-state index < -0.39 is 17.4 Å². The zero-order valence-corrected chi connectivity index (χ0v) is 15.3. The Morgan fingerprint density at radius 2 is 1.59 bits per heavy atom. The van der Waals surface area contributed by atoms with Gasteiger partial charge in [-0.25, -0.2) is 0 Å². The molecular formula is C19H20F2N2O3S. The summed E-state index contributed by atoms with van der Waals surface area (Å²) in [6.07, 6.45) is 1.52. The number of aliphatic hydroxyl groups is 1. The highest BCUT2D eigenvalue weighted by molar-refractivity contribution is 7.12. The topological polar surface area (TPSA) is 78.4 Å². The van der Waals surface area contributed by atoms with Gasteiger partial charge in [-0.05, 0) is 48.6 Å². The fourth-order valence-corrected chi connectivity index (χ4v) is 3.73. The molecule has 1 fully saturated rings. The Kier molecular flexibility index (Phi) is 5.57. The minimum absolute atomic E-state index is 0.0961. The second kappa shape index (κ2) is 7.74. The predicted molar refractivity (Wildman–Crippen MR) is 100 cm³/mol. The Morgan fingerprint density at radius 3 is 2.15 bits per heavy atom. The van der Waals surface area contributed by atoms with Crippen LogP contribution in [0.4, 0.5) is 20.2 Å². The summed E-state index contributed by atoms with van der Waals surface area (Å²) in [6.45, 7) is 0. The molecule has 1 aromatic carbocycles. The number of halogens is 2. The van der Waals surface area contributed by atoms with Gasteiger partial charge in [0, 0.05) is 11.4 Å². The van der Waals surface area contributed by atoms with Crippen LogP contribution >= 0.6 is 11.3 Å². The van der Waals surface area contributed by atoms with Crippen molar-refractivity contribution >= 4 is 34.5 Å². The van der Waals surface area contributed by atoms with Crippen molar-refractivity contribution in [2.24, 2.45) is 0 Å². The van der Waals surface area contributed by atoms with E-state index in [1.54, 1.807) is 17.5 Å². The Labute approximate surface area is 159 Å². The molecule has 27 heavy (non-hydrogen) atoms. The van der Waals surface area contributed by atoms with Crippen LogP contribution in [0.25, 0.3) is 0 Å². The molecule has 8 heteroatoms. The number of benzene rings is 1. The third-order valence-electron chi connectivity index (χ3n) is 4.70. The molecular weight excluding hydrogens is 374 g/mol. The summed E-state index contributed by atoms with van der Waals surface area (Å²) in [7, 11) is 0. The van der Waals surface area contributed by atoms with Gasteiger partial charge in [-0.3, -0.25) is 9.59 Å². The second-order valence-corrected chi connectivity index (χ2v) is 7.58. The Bertz CT molecular complexity index is 801. The highest BCUT2D eigenvalue weighted by Crippen LogP contribution is 2.41. The fourth-order valence-electron chi connectivity index (χ4n) is 3.11. The summed E-state index contributed by atoms with van der Waals surface area (Å²) in [6, 6.07) is 9.31. The lowest BCUT2D eigenvalue weighted by Crippen LogP contribution is -2.56. The molecule has 1 aliphatic rings. The largest absolute Gasteiger partial charge is 0.383 e. The van der Waals surface area contributed by atoms with Crippen LogP contribution in [-0.2, 0) is 4.79 Å². The zero-order valence-electron chi connectivity index (χ0n) is 14.5. The predicted octanol–water partition coefficient (Wildman–Crippen LogP) is 4.27. The molecule has 5 nitrogen and oxygen atoms in total. The first-order valence-electron chi connectivity index (χ1n) is 8.68. The van der Waals surface area contributed by atoms with E-state index >= 15 is 0 Å². The summed E-state index contributed by atoms with van der Waals surface area (Å²) >= 11 is 1.30. The van der Waals surface area contributed by atoms with Crippen LogP contribution < -0.4 is 10.6 Å². The van der Waals surface area contributed by atoms with Gasteiger partial charge < -0.3 is 15.7 Å². The number of alkyl halides is 2. The first-order chi connectivity index (χ1) is 12.8. The standard InChI is InChI=1S/C19H20F2N2O3S/c20-19(21,18(26)10-2-1-3-11-18)17(25)23-14-8-6-13(7-9-14)22-16(24)15-5-4-12-27-15/h4-9,12,26H,1-3,10-11H2,(H,22,24)(H,23,25). The van der Waals surface area contributed by atoms with Gasteiger partial charge in [0.15, 0.2) is 0 Å². The fraction of sp³-hybridized carbons (Fsp3) is 0.368. The summed E-state index contributed by atoms with van der Waals surface area (Å²) in [4.78, 5) is 24.6. The molecule has 0 radical (unpaired) electrons. The van der Waals surface area contributed by atoms with Crippen LogP contribution in [0.1, 0.15) is 41.8 Å². The molecule has 1 heterocycles. The van der Waals surface area contributed by atoms with E-state index in [9.17, 15) is 23.5 Å². The molecule has 3 rings (SSSR count). The molecule has 0 spiro atoms. The molecule has 3 N–H and O–H groups in total. The van der Waals surface area contributed by atoms with Crippen molar-refractivity contribution in [1.82, 2.24) is 0 Å². The van der Waals surface area contributed by atoms with Crippen molar-refractivity contribution in [3.63, 3.8) is 0 Å². The van der Waals surface area contributed by atoms with Crippen LogP contribution in [0.5, 0.6) is 0 Å². The first-order valence-corrected chi connectivity index (χ1v) is 9.56. The zero-order chi connectivity index (χ0) is 19.5. The average molecular weight is 394 g/mol. The van der Waals surface area contributed by atoms with Crippen molar-refractivity contribution < 1.29 is 23.5 Å². The third kappa shape index (κ3) is 4.17. The van der Waals surface area contributed by atoms with E-state index in [1.807, 2.05) is 0 Å². The number of hydrogen-bond donors (Lipinski definition) is 3. The molecule has 0 unspecified atom stereocenters. The molecule has 0 atom stereocenters. The molecule has 144 valence electrons. The van der Waals surface area contributed by atoms with E-state index in [1.165, 1.54) is 35.6 Å². The number of carbonyl (C=O) groups excluding carboxylic acids is 2. The Balaban J connectivity index is 1.63. The van der Waals surface area contributed by atoms with Gasteiger partial charge in [-0.15, -0.1) is 11.3 Å². The normalized spacial score (nSPS) is 16.6. The van der Waals surface area contributed by atoms with E-state index in [4.69, 9.17) is 0 Å². The van der Waals surface area contributed by atoms with Gasteiger partial charge in [0.2, 0.25) is 0 Å². The monoisotopic (exact) mass is 394 g/mol. The van der Waals surface area contributed by atoms with Crippen LogP contribution in [0.3, 0.4) is 0 Å². The molecule has 0 aliphatic heterocycles. The number of rotatable bonds is 5. The summed E-state index contributed by atoms with van der Waals surface area (Å²) < 4.78 is 28.9. The lowest BCUT2D eigenvalue weighted by atomic mass is 9.79. The van der Waals surface area contributed by atoms with Crippen LogP contribution in [-0.4, -0.2) is 28.4 Å². The minimum Gasteiger partial charge on any atom is -0.383 e. The molecule has 2 aromatic rings. The molecule has 1 aliphatic carbocycles. The number of amides is 2. The van der Waals surface area contributed by atoms with Gasteiger partial charge in [-0.2, -0.15) is 8.78 Å². The average Bonchev–Trinajstić information content (AvgIpc) is 3.18.